The molecule has 0 saturated carbocycles. The third-order valence-electron chi connectivity index (χ3n) is 8.45. The van der Waals surface area contributed by atoms with Crippen LogP contribution in [0.15, 0.2) is 60.7 Å². The minimum Gasteiger partial charge on any atom is -0.493 e. The molecule has 1 aliphatic heterocycles. The van der Waals surface area contributed by atoms with Gasteiger partial charge in [0.2, 0.25) is 11.5 Å². The van der Waals surface area contributed by atoms with E-state index in [4.69, 9.17) is 37.9 Å². The summed E-state index contributed by atoms with van der Waals surface area (Å²) in [6, 6.07) is 19.0. The van der Waals surface area contributed by atoms with Gasteiger partial charge in [-0.1, -0.05) is 29.8 Å². The van der Waals surface area contributed by atoms with Crippen molar-refractivity contribution in [2.45, 2.75) is 32.4 Å². The number of carbonyl (C=O) groups is 1. The van der Waals surface area contributed by atoms with Gasteiger partial charge in [0.15, 0.2) is 34.5 Å². The van der Waals surface area contributed by atoms with E-state index >= 15 is 0 Å². The number of benzene rings is 4. The monoisotopic (exact) mass is 698 g/mol. The number of rotatable bonds is 17. The molecule has 2 N–H and O–H groups in total. The minimum atomic E-state index is -0.380. The number of hydrogen-bond acceptors (Lipinski definition) is 10. The molecule has 0 fully saturated rings. The van der Waals surface area contributed by atoms with Crippen molar-refractivity contribution in [3.8, 4) is 46.0 Å². The van der Waals surface area contributed by atoms with Crippen molar-refractivity contribution in [2.24, 2.45) is 0 Å². The van der Waals surface area contributed by atoms with Gasteiger partial charge in [-0.25, -0.2) is 0 Å². The van der Waals surface area contributed by atoms with Crippen molar-refractivity contribution in [3.63, 3.8) is 0 Å². The fraction of sp³-hybridized carbons (Fsp3) is 0.325. The van der Waals surface area contributed by atoms with Crippen LogP contribution in [0.1, 0.15) is 58.0 Å². The first kappa shape index (κ1) is 36.6. The van der Waals surface area contributed by atoms with Crippen LogP contribution in [0, 0.1) is 6.92 Å². The van der Waals surface area contributed by atoms with Gasteiger partial charge in [-0.05, 0) is 91.4 Å². The van der Waals surface area contributed by atoms with E-state index < -0.39 is 0 Å². The van der Waals surface area contributed by atoms with Gasteiger partial charge in [0.05, 0.1) is 61.4 Å². The molecule has 0 bridgehead atoms. The van der Waals surface area contributed by atoms with Gasteiger partial charge in [-0.3, -0.25) is 4.79 Å². The lowest BCUT2D eigenvalue weighted by Crippen LogP contribution is -2.38. The van der Waals surface area contributed by atoms with Crippen molar-refractivity contribution >= 4 is 23.7 Å². The number of ether oxygens (including phenoxy) is 8. The Hall–Kier alpha value is -5.71. The summed E-state index contributed by atoms with van der Waals surface area (Å²) in [6.45, 7) is 2.96. The average molecular weight is 699 g/mol. The predicted octanol–water partition coefficient (Wildman–Crippen LogP) is 7.70. The van der Waals surface area contributed by atoms with Gasteiger partial charge in [0, 0.05) is 5.69 Å². The highest BCUT2D eigenvalue weighted by atomic mass is 16.5. The first-order valence-corrected chi connectivity index (χ1v) is 16.7. The molecule has 1 amide bonds. The van der Waals surface area contributed by atoms with Crippen LogP contribution < -0.4 is 48.5 Å². The Kier molecular flexibility index (Phi) is 12.4. The molecule has 51 heavy (non-hydrogen) atoms. The number of anilines is 1. The van der Waals surface area contributed by atoms with Crippen molar-refractivity contribution < 1.29 is 42.7 Å². The van der Waals surface area contributed by atoms with Crippen LogP contribution in [0.4, 0.5) is 5.69 Å². The van der Waals surface area contributed by atoms with Crippen LogP contribution in [0.3, 0.4) is 0 Å². The maximum Gasteiger partial charge on any atom is 0.255 e. The number of carbonyl (C=O) groups excluding carboxylic acids is 1. The number of amides is 1. The van der Waals surface area contributed by atoms with E-state index in [0.717, 1.165) is 47.2 Å². The molecule has 1 aliphatic rings. The Balaban J connectivity index is 1.12. The highest BCUT2D eigenvalue weighted by Gasteiger charge is 2.25. The Bertz CT molecular complexity index is 1810. The number of hydrogen-bond donors (Lipinski definition) is 2. The number of unbranched alkanes of at least 4 members (excludes halogenated alkanes) is 2. The first-order valence-electron chi connectivity index (χ1n) is 16.7. The van der Waals surface area contributed by atoms with Crippen LogP contribution in [-0.4, -0.2) is 61.8 Å². The molecule has 11 heteroatoms. The molecule has 0 aromatic heterocycles. The van der Waals surface area contributed by atoms with E-state index in [-0.39, 0.29) is 12.1 Å². The molecule has 5 rings (SSSR count). The molecule has 4 aromatic carbocycles. The smallest absolute Gasteiger partial charge is 0.255 e. The molecular weight excluding hydrogens is 652 g/mol. The van der Waals surface area contributed by atoms with E-state index in [1.165, 1.54) is 0 Å². The van der Waals surface area contributed by atoms with Gasteiger partial charge in [-0.2, -0.15) is 0 Å². The van der Waals surface area contributed by atoms with E-state index in [0.29, 0.717) is 64.8 Å². The van der Waals surface area contributed by atoms with Crippen LogP contribution in [-0.2, 0) is 0 Å². The maximum absolute atomic E-state index is 12.7. The van der Waals surface area contributed by atoms with Gasteiger partial charge in [0.25, 0.3) is 5.91 Å². The number of fused-ring (bicyclic) bond motifs is 1. The van der Waals surface area contributed by atoms with Crippen LogP contribution in [0.25, 0.3) is 12.2 Å². The maximum atomic E-state index is 12.7. The predicted molar refractivity (Wildman–Crippen MR) is 197 cm³/mol. The first-order chi connectivity index (χ1) is 24.8. The molecule has 1 heterocycles. The Morgan fingerprint density at radius 3 is 1.71 bits per heavy atom. The summed E-state index contributed by atoms with van der Waals surface area (Å²) in [5.74, 6) is 4.49. The Labute approximate surface area is 299 Å². The van der Waals surface area contributed by atoms with Gasteiger partial charge in [0.1, 0.15) is 6.17 Å². The zero-order valence-electron chi connectivity index (χ0n) is 30.2. The molecule has 0 radical (unpaired) electrons. The molecule has 1 atom stereocenters. The summed E-state index contributed by atoms with van der Waals surface area (Å²) in [5.41, 5.74) is 5.07. The quantitative estimate of drug-likeness (QED) is 0.0840. The molecular formula is C40H46N2O9. The second-order valence-corrected chi connectivity index (χ2v) is 11.8. The van der Waals surface area contributed by atoms with Gasteiger partial charge in [-0.15, -0.1) is 0 Å². The highest BCUT2D eigenvalue weighted by molar-refractivity contribution is 6.02. The van der Waals surface area contributed by atoms with E-state index in [2.05, 4.69) is 10.6 Å². The zero-order chi connectivity index (χ0) is 36.3. The summed E-state index contributed by atoms with van der Waals surface area (Å²) in [4.78, 5) is 12.7. The Morgan fingerprint density at radius 1 is 0.569 bits per heavy atom. The normalized spacial score (nSPS) is 13.5. The molecule has 1 unspecified atom stereocenters. The summed E-state index contributed by atoms with van der Waals surface area (Å²) in [7, 11) is 9.57. The molecule has 4 aromatic rings. The van der Waals surface area contributed by atoms with Gasteiger partial charge < -0.3 is 48.5 Å². The number of methoxy groups -OCH3 is 6. The summed E-state index contributed by atoms with van der Waals surface area (Å²) < 4.78 is 45.5. The minimum absolute atomic E-state index is 0.115. The molecule has 270 valence electrons. The summed E-state index contributed by atoms with van der Waals surface area (Å²) >= 11 is 0. The molecule has 11 nitrogen and oxygen atoms in total. The van der Waals surface area contributed by atoms with Crippen molar-refractivity contribution in [1.29, 1.82) is 0 Å². The molecule has 0 saturated heterocycles. The lowest BCUT2D eigenvalue weighted by Gasteiger charge is -2.28. The lowest BCUT2D eigenvalue weighted by molar-refractivity contribution is 0.0935. The SMILES string of the molecule is COc1cc(C2NC(=O)c3cc(C)ccc3N2)ccc1OCCCCCOc1c(OC)cc(/C=C/c2cc(OC)c(OC)c(OC)c2)cc1OC. The topological polar surface area (TPSA) is 115 Å². The van der Waals surface area contributed by atoms with Crippen LogP contribution >= 0.6 is 0 Å². The third-order valence-corrected chi connectivity index (χ3v) is 8.45. The van der Waals surface area contributed by atoms with E-state index in [1.807, 2.05) is 79.7 Å². The highest BCUT2D eigenvalue weighted by Crippen LogP contribution is 2.41. The summed E-state index contributed by atoms with van der Waals surface area (Å²) in [6.07, 6.45) is 6.03. The molecule has 0 spiro atoms. The van der Waals surface area contributed by atoms with Crippen molar-refractivity contribution in [1.82, 2.24) is 5.32 Å². The van der Waals surface area contributed by atoms with E-state index in [1.54, 1.807) is 42.7 Å². The van der Waals surface area contributed by atoms with Crippen molar-refractivity contribution in [3.05, 3.63) is 88.5 Å². The van der Waals surface area contributed by atoms with Crippen LogP contribution in [0.2, 0.25) is 0 Å². The lowest BCUT2D eigenvalue weighted by atomic mass is 10.0. The Morgan fingerprint density at radius 2 is 1.14 bits per heavy atom. The third kappa shape index (κ3) is 8.72. The zero-order valence-corrected chi connectivity index (χ0v) is 30.2. The average Bonchev–Trinajstić information content (AvgIpc) is 3.16. The van der Waals surface area contributed by atoms with Crippen LogP contribution in [0.5, 0.6) is 46.0 Å². The van der Waals surface area contributed by atoms with Crippen molar-refractivity contribution in [2.75, 3.05) is 61.2 Å². The number of nitrogens with one attached hydrogen (secondary N) is 2. The fourth-order valence-corrected chi connectivity index (χ4v) is 5.79. The fourth-order valence-electron chi connectivity index (χ4n) is 5.79. The largest absolute Gasteiger partial charge is 0.493 e. The second-order valence-electron chi connectivity index (χ2n) is 11.8. The molecule has 0 aliphatic carbocycles. The number of aryl methyl sites for hydroxylation is 1. The summed E-state index contributed by atoms with van der Waals surface area (Å²) in [5, 5.41) is 6.42. The second kappa shape index (κ2) is 17.3. The van der Waals surface area contributed by atoms with Gasteiger partial charge >= 0.3 is 0 Å². The van der Waals surface area contributed by atoms with E-state index in [9.17, 15) is 4.79 Å². The standard InChI is InChI=1S/C40H46N2O9/c1-25-11-15-30-29(19-25)40(43)42-39(41-30)28-14-16-31(32(24-28)44-2)50-17-9-8-10-18-51-38-35(47-5)22-27(23-36(38)48-6)13-12-26-20-33(45-3)37(49-7)34(21-26)46-4/h11-16,19-24,39,41H,8-10,17-18H2,1-7H3,(H,42,43)/b13-12+.